The summed E-state index contributed by atoms with van der Waals surface area (Å²) < 4.78 is 0. The van der Waals surface area contributed by atoms with Crippen molar-refractivity contribution >= 4 is 5.91 Å². The van der Waals surface area contributed by atoms with Crippen LogP contribution in [0.3, 0.4) is 0 Å². The van der Waals surface area contributed by atoms with Gasteiger partial charge in [0.15, 0.2) is 0 Å². The lowest BCUT2D eigenvalue weighted by Crippen LogP contribution is -2.35. The van der Waals surface area contributed by atoms with Gasteiger partial charge in [0.25, 0.3) is 0 Å². The number of hydrogen-bond donors (Lipinski definition) is 3. The fourth-order valence-electron chi connectivity index (χ4n) is 1.12. The first kappa shape index (κ1) is 12.4. The Morgan fingerprint density at radius 3 is 2.54 bits per heavy atom. The van der Waals surface area contributed by atoms with Gasteiger partial charge in [0.05, 0.1) is 6.17 Å². The van der Waals surface area contributed by atoms with Crippen molar-refractivity contribution in [2.75, 3.05) is 13.6 Å². The van der Waals surface area contributed by atoms with Gasteiger partial charge in [0.1, 0.15) is 0 Å². The molecule has 0 aromatic heterocycles. The van der Waals surface area contributed by atoms with E-state index < -0.39 is 0 Å². The Hall–Kier alpha value is -0.610. The van der Waals surface area contributed by atoms with Crippen LogP contribution in [0.2, 0.25) is 0 Å². The van der Waals surface area contributed by atoms with Crippen LogP contribution < -0.4 is 16.4 Å². The Balaban J connectivity index is 3.37. The highest BCUT2D eigenvalue weighted by Crippen LogP contribution is 2.04. The average molecular weight is 187 g/mol. The molecule has 4 N–H and O–H groups in total. The fraction of sp³-hybridized carbons (Fsp3) is 0.889. The zero-order valence-electron chi connectivity index (χ0n) is 8.76. The van der Waals surface area contributed by atoms with Gasteiger partial charge in [0.2, 0.25) is 5.91 Å². The van der Waals surface area contributed by atoms with E-state index in [2.05, 4.69) is 10.6 Å². The van der Waals surface area contributed by atoms with E-state index in [0.29, 0.717) is 0 Å². The molecule has 0 spiro atoms. The summed E-state index contributed by atoms with van der Waals surface area (Å²) in [4.78, 5) is 11.1. The summed E-state index contributed by atoms with van der Waals surface area (Å²) in [7, 11) is 1.67. The molecule has 0 rings (SSSR count). The number of nitrogens with one attached hydrogen (secondary N) is 2. The van der Waals surface area contributed by atoms with Crippen molar-refractivity contribution in [2.24, 2.45) is 11.7 Å². The summed E-state index contributed by atoms with van der Waals surface area (Å²) >= 11 is 0. The zero-order valence-corrected chi connectivity index (χ0v) is 8.76. The van der Waals surface area contributed by atoms with Crippen LogP contribution in [0.1, 0.15) is 26.7 Å². The molecule has 0 heterocycles. The predicted octanol–water partition coefficient (Wildman–Crippen LogP) is 0.0430. The van der Waals surface area contributed by atoms with E-state index in [1.165, 1.54) is 0 Å². The van der Waals surface area contributed by atoms with Crippen LogP contribution in [0.25, 0.3) is 0 Å². The summed E-state index contributed by atoms with van der Waals surface area (Å²) in [5.74, 6) is 0.209. The van der Waals surface area contributed by atoms with Crippen LogP contribution in [0.4, 0.5) is 0 Å². The summed E-state index contributed by atoms with van der Waals surface area (Å²) in [5.41, 5.74) is 5.50. The van der Waals surface area contributed by atoms with Crippen molar-refractivity contribution in [2.45, 2.75) is 32.9 Å². The fourth-order valence-corrected chi connectivity index (χ4v) is 1.12. The molecular weight excluding hydrogens is 166 g/mol. The summed E-state index contributed by atoms with van der Waals surface area (Å²) in [6.07, 6.45) is 1.92. The normalized spacial score (nSPS) is 15.1. The quantitative estimate of drug-likeness (QED) is 0.406. The Labute approximate surface area is 80.3 Å². The van der Waals surface area contributed by atoms with Gasteiger partial charge < -0.3 is 16.4 Å². The van der Waals surface area contributed by atoms with Crippen LogP contribution in [0, 0.1) is 5.92 Å². The molecule has 13 heavy (non-hydrogen) atoms. The second-order valence-electron chi connectivity index (χ2n) is 3.40. The van der Waals surface area contributed by atoms with Gasteiger partial charge in [-0.05, 0) is 26.3 Å². The van der Waals surface area contributed by atoms with Crippen molar-refractivity contribution in [1.29, 1.82) is 0 Å². The topological polar surface area (TPSA) is 67.2 Å². The van der Waals surface area contributed by atoms with Crippen LogP contribution in [0.5, 0.6) is 0 Å². The van der Waals surface area contributed by atoms with Crippen LogP contribution in [-0.4, -0.2) is 25.7 Å². The third-order valence-electron chi connectivity index (χ3n) is 1.97. The molecule has 0 aromatic rings. The van der Waals surface area contributed by atoms with Crippen molar-refractivity contribution in [3.63, 3.8) is 0 Å². The number of amides is 1. The minimum absolute atomic E-state index is 0.0373. The first-order chi connectivity index (χ1) is 6.07. The molecule has 0 radical (unpaired) electrons. The van der Waals surface area contributed by atoms with E-state index >= 15 is 0 Å². The van der Waals surface area contributed by atoms with Crippen molar-refractivity contribution in [3.05, 3.63) is 0 Å². The molecule has 2 atom stereocenters. The van der Waals surface area contributed by atoms with Crippen molar-refractivity contribution in [1.82, 2.24) is 10.6 Å². The van der Waals surface area contributed by atoms with E-state index in [9.17, 15) is 4.79 Å². The zero-order chi connectivity index (χ0) is 10.3. The van der Waals surface area contributed by atoms with E-state index in [1.807, 2.05) is 13.8 Å². The molecule has 4 nitrogen and oxygen atoms in total. The maximum absolute atomic E-state index is 11.1. The maximum atomic E-state index is 11.1. The highest BCUT2D eigenvalue weighted by molar-refractivity contribution is 5.77. The Morgan fingerprint density at radius 2 is 2.08 bits per heavy atom. The van der Waals surface area contributed by atoms with Crippen molar-refractivity contribution in [3.8, 4) is 0 Å². The van der Waals surface area contributed by atoms with Crippen LogP contribution in [-0.2, 0) is 4.79 Å². The summed E-state index contributed by atoms with van der Waals surface area (Å²) in [6.45, 7) is 4.71. The molecule has 0 aromatic carbocycles. The number of rotatable bonds is 6. The number of hydrogen-bond acceptors (Lipinski definition) is 3. The minimum Gasteiger partial charge on any atom is -0.359 e. The number of carbonyl (C=O) groups excluding carboxylic acids is 1. The van der Waals surface area contributed by atoms with E-state index in [1.54, 1.807) is 7.05 Å². The molecule has 4 heteroatoms. The van der Waals surface area contributed by atoms with E-state index in [-0.39, 0.29) is 18.0 Å². The molecule has 0 saturated carbocycles. The molecule has 0 aliphatic carbocycles. The lowest BCUT2D eigenvalue weighted by atomic mass is 10.1. The average Bonchev–Trinajstić information content (AvgIpc) is 2.10. The number of nitrogens with two attached hydrogens (primary N) is 1. The van der Waals surface area contributed by atoms with Crippen LogP contribution >= 0.6 is 0 Å². The monoisotopic (exact) mass is 187 g/mol. The third-order valence-corrected chi connectivity index (χ3v) is 1.97. The molecule has 0 saturated heterocycles. The molecule has 2 unspecified atom stereocenters. The minimum atomic E-state index is 0.0373. The number of carbonyl (C=O) groups is 1. The molecule has 0 fully saturated rings. The van der Waals surface area contributed by atoms with Gasteiger partial charge in [-0.15, -0.1) is 0 Å². The predicted molar refractivity (Wildman–Crippen MR) is 54.1 cm³/mol. The van der Waals surface area contributed by atoms with Gasteiger partial charge in [0, 0.05) is 13.0 Å². The molecule has 0 aliphatic heterocycles. The largest absolute Gasteiger partial charge is 0.359 e. The second kappa shape index (κ2) is 6.86. The van der Waals surface area contributed by atoms with Gasteiger partial charge in [-0.3, -0.25) is 4.79 Å². The Kier molecular flexibility index (Phi) is 6.54. The summed E-state index contributed by atoms with van der Waals surface area (Å²) in [5, 5.41) is 5.73. The molecule has 0 bridgehead atoms. The molecular formula is C9H21N3O. The Bertz CT molecular complexity index is 148. The second-order valence-corrected chi connectivity index (χ2v) is 3.40. The first-order valence-corrected chi connectivity index (χ1v) is 4.78. The van der Waals surface area contributed by atoms with Gasteiger partial charge >= 0.3 is 0 Å². The third kappa shape index (κ3) is 6.54. The Morgan fingerprint density at radius 1 is 1.46 bits per heavy atom. The molecule has 1 amide bonds. The molecule has 0 aliphatic rings. The highest BCUT2D eigenvalue weighted by atomic mass is 16.1. The first-order valence-electron chi connectivity index (χ1n) is 4.78. The maximum Gasteiger partial charge on any atom is 0.222 e. The smallest absolute Gasteiger partial charge is 0.222 e. The van der Waals surface area contributed by atoms with Gasteiger partial charge in [-0.1, -0.05) is 6.92 Å². The van der Waals surface area contributed by atoms with Gasteiger partial charge in [-0.2, -0.15) is 0 Å². The van der Waals surface area contributed by atoms with E-state index in [4.69, 9.17) is 5.73 Å². The lowest BCUT2D eigenvalue weighted by molar-refractivity contribution is -0.124. The van der Waals surface area contributed by atoms with Gasteiger partial charge in [-0.25, -0.2) is 0 Å². The summed E-state index contributed by atoms with van der Waals surface area (Å²) in [6, 6.07) is 0. The molecule has 78 valence electrons. The van der Waals surface area contributed by atoms with E-state index in [0.717, 1.165) is 19.4 Å². The highest BCUT2D eigenvalue weighted by Gasteiger charge is 2.09. The lowest BCUT2D eigenvalue weighted by Gasteiger charge is -2.11. The van der Waals surface area contributed by atoms with Crippen molar-refractivity contribution < 1.29 is 4.79 Å². The van der Waals surface area contributed by atoms with Crippen LogP contribution in [0.15, 0.2) is 0 Å². The standard InChI is InChI=1S/C9H21N3O/c1-7(9(13)11-3)5-4-6-12-8(2)10/h7-8,12H,4-6,10H2,1-3H3,(H,11,13). The SMILES string of the molecule is CNC(=O)C(C)CCCNC(C)N.